The molecule has 0 unspecified atom stereocenters. The van der Waals surface area contributed by atoms with Crippen LogP contribution >= 0.6 is 23.2 Å². The minimum atomic E-state index is -0.843. The highest BCUT2D eigenvalue weighted by Crippen LogP contribution is 2.51. The van der Waals surface area contributed by atoms with Crippen LogP contribution < -0.4 is 9.47 Å². The number of hydrogen-bond acceptors (Lipinski definition) is 7. The van der Waals surface area contributed by atoms with Crippen molar-refractivity contribution in [1.82, 2.24) is 0 Å². The molecular weight excluding hydrogens is 387 g/mol. The Morgan fingerprint density at radius 1 is 1.08 bits per heavy atom. The van der Waals surface area contributed by atoms with Crippen molar-refractivity contribution in [2.75, 3.05) is 7.11 Å². The molecule has 0 radical (unpaired) electrons. The van der Waals surface area contributed by atoms with Gasteiger partial charge < -0.3 is 24.4 Å². The summed E-state index contributed by atoms with van der Waals surface area (Å²) in [6.07, 6.45) is 0. The quantitative estimate of drug-likeness (QED) is 0.549. The molecule has 0 aliphatic carbocycles. The fourth-order valence-corrected chi connectivity index (χ4v) is 3.15. The molecule has 2 aromatic rings. The standard InChI is InChI=1S/C17H12Cl2O7/c1-5-10-15(12(19)13(21)11(5)18)26-14-6(2)9(16(22)24-3)7(20)4-8(14)25-17(10)23/h4,20-21H,1-3H3. The van der Waals surface area contributed by atoms with Crippen molar-refractivity contribution >= 4 is 35.1 Å². The van der Waals surface area contributed by atoms with Crippen molar-refractivity contribution < 1.29 is 34.0 Å². The summed E-state index contributed by atoms with van der Waals surface area (Å²) in [5.74, 6) is -2.87. The van der Waals surface area contributed by atoms with E-state index in [1.807, 2.05) is 0 Å². The molecule has 0 saturated heterocycles. The van der Waals surface area contributed by atoms with Crippen molar-refractivity contribution in [3.05, 3.63) is 38.4 Å². The molecule has 9 heteroatoms. The number of hydrogen-bond donors (Lipinski definition) is 2. The molecule has 0 atom stereocenters. The number of esters is 2. The van der Waals surface area contributed by atoms with Crippen LogP contribution in [0, 0.1) is 13.8 Å². The highest BCUT2D eigenvalue weighted by molar-refractivity contribution is 6.39. The molecule has 0 amide bonds. The van der Waals surface area contributed by atoms with Crippen LogP contribution in [0.1, 0.15) is 31.8 Å². The monoisotopic (exact) mass is 398 g/mol. The third-order valence-corrected chi connectivity index (χ3v) is 4.82. The van der Waals surface area contributed by atoms with Crippen LogP contribution in [-0.4, -0.2) is 29.3 Å². The lowest BCUT2D eigenvalue weighted by atomic mass is 10.1. The summed E-state index contributed by atoms with van der Waals surface area (Å²) in [7, 11) is 1.16. The zero-order valence-corrected chi connectivity index (χ0v) is 15.3. The predicted molar refractivity (Wildman–Crippen MR) is 92.1 cm³/mol. The Morgan fingerprint density at radius 3 is 2.35 bits per heavy atom. The second-order valence-electron chi connectivity index (χ2n) is 5.51. The fraction of sp³-hybridized carbons (Fsp3) is 0.176. The maximum atomic E-state index is 12.5. The van der Waals surface area contributed by atoms with E-state index in [9.17, 15) is 19.8 Å². The molecule has 1 aliphatic rings. The Morgan fingerprint density at radius 2 is 1.73 bits per heavy atom. The SMILES string of the molecule is COC(=O)c1c(O)cc2c(c1C)Oc1c(Cl)c(O)c(Cl)c(C)c1C(=O)O2. The Labute approximate surface area is 157 Å². The largest absolute Gasteiger partial charge is 0.507 e. The summed E-state index contributed by atoms with van der Waals surface area (Å²) in [4.78, 5) is 24.5. The molecule has 26 heavy (non-hydrogen) atoms. The molecule has 2 aromatic carbocycles. The molecule has 0 fully saturated rings. The van der Waals surface area contributed by atoms with Gasteiger partial charge in [-0.2, -0.15) is 0 Å². The molecule has 0 aromatic heterocycles. The number of methoxy groups -OCH3 is 1. The molecule has 2 N–H and O–H groups in total. The third kappa shape index (κ3) is 2.51. The number of carbonyl (C=O) groups is 2. The second-order valence-corrected chi connectivity index (χ2v) is 6.27. The summed E-state index contributed by atoms with van der Waals surface area (Å²) in [6.45, 7) is 2.96. The molecule has 7 nitrogen and oxygen atoms in total. The first-order valence-corrected chi connectivity index (χ1v) is 8.00. The first-order valence-electron chi connectivity index (χ1n) is 7.24. The summed E-state index contributed by atoms with van der Waals surface area (Å²) in [5, 5.41) is 19.8. The zero-order chi connectivity index (χ0) is 19.3. The average molecular weight is 399 g/mol. The van der Waals surface area contributed by atoms with E-state index in [2.05, 4.69) is 4.74 Å². The van der Waals surface area contributed by atoms with Gasteiger partial charge >= 0.3 is 11.9 Å². The van der Waals surface area contributed by atoms with Gasteiger partial charge in [0.15, 0.2) is 23.0 Å². The number of carbonyl (C=O) groups excluding carboxylic acids is 2. The highest BCUT2D eigenvalue weighted by atomic mass is 35.5. The molecule has 0 saturated carbocycles. The Bertz CT molecular complexity index is 982. The molecule has 3 rings (SSSR count). The van der Waals surface area contributed by atoms with Crippen LogP contribution in [0.5, 0.6) is 28.7 Å². The van der Waals surface area contributed by atoms with Gasteiger partial charge in [-0.1, -0.05) is 23.2 Å². The number of phenols is 2. The van der Waals surface area contributed by atoms with Gasteiger partial charge in [0.2, 0.25) is 0 Å². The maximum Gasteiger partial charge on any atom is 0.347 e. The minimum absolute atomic E-state index is 0.0293. The van der Waals surface area contributed by atoms with Gasteiger partial charge in [0.25, 0.3) is 0 Å². The number of fused-ring (bicyclic) bond motifs is 2. The van der Waals surface area contributed by atoms with Crippen LogP contribution in [-0.2, 0) is 4.74 Å². The lowest BCUT2D eigenvalue weighted by Crippen LogP contribution is -2.10. The Balaban J connectivity index is 2.33. The van der Waals surface area contributed by atoms with Crippen LogP contribution in [0.25, 0.3) is 0 Å². The molecular formula is C17H12Cl2O7. The van der Waals surface area contributed by atoms with Crippen molar-refractivity contribution in [1.29, 1.82) is 0 Å². The van der Waals surface area contributed by atoms with Crippen LogP contribution in [0.2, 0.25) is 10.0 Å². The lowest BCUT2D eigenvalue weighted by molar-refractivity contribution is 0.0596. The Kier molecular flexibility index (Phi) is 4.37. The maximum absolute atomic E-state index is 12.5. The first-order chi connectivity index (χ1) is 12.2. The van der Waals surface area contributed by atoms with Crippen molar-refractivity contribution in [3.63, 3.8) is 0 Å². The van der Waals surface area contributed by atoms with E-state index in [1.165, 1.54) is 13.8 Å². The normalized spacial score (nSPS) is 12.4. The fourth-order valence-electron chi connectivity index (χ4n) is 2.68. The topological polar surface area (TPSA) is 102 Å². The highest BCUT2D eigenvalue weighted by Gasteiger charge is 2.34. The van der Waals surface area contributed by atoms with Crippen molar-refractivity contribution in [2.24, 2.45) is 0 Å². The first kappa shape index (κ1) is 18.2. The van der Waals surface area contributed by atoms with Gasteiger partial charge in [0.05, 0.1) is 12.1 Å². The number of aromatic hydroxyl groups is 2. The molecule has 0 spiro atoms. The van der Waals surface area contributed by atoms with Crippen LogP contribution in [0.15, 0.2) is 6.07 Å². The van der Waals surface area contributed by atoms with Crippen molar-refractivity contribution in [3.8, 4) is 28.7 Å². The van der Waals surface area contributed by atoms with Gasteiger partial charge in [0.1, 0.15) is 21.9 Å². The molecule has 1 heterocycles. The van der Waals surface area contributed by atoms with Crippen molar-refractivity contribution in [2.45, 2.75) is 13.8 Å². The van der Waals surface area contributed by atoms with E-state index < -0.39 is 23.4 Å². The average Bonchev–Trinajstić information content (AvgIpc) is 2.74. The molecule has 136 valence electrons. The lowest BCUT2D eigenvalue weighted by Gasteiger charge is -2.16. The predicted octanol–water partition coefficient (Wildman–Crippen LogP) is 4.13. The van der Waals surface area contributed by atoms with Crippen LogP contribution in [0.3, 0.4) is 0 Å². The molecule has 1 aliphatic heterocycles. The summed E-state index contributed by atoms with van der Waals surface area (Å²) in [5.41, 5.74) is 0.136. The van der Waals surface area contributed by atoms with Gasteiger partial charge in [0, 0.05) is 11.6 Å². The van der Waals surface area contributed by atoms with E-state index in [1.54, 1.807) is 0 Å². The number of halogens is 2. The number of benzene rings is 2. The number of rotatable bonds is 1. The summed E-state index contributed by atoms with van der Waals surface area (Å²) in [6, 6.07) is 1.06. The van der Waals surface area contributed by atoms with Gasteiger partial charge in [-0.15, -0.1) is 0 Å². The smallest absolute Gasteiger partial charge is 0.347 e. The Hall–Kier alpha value is -2.64. The zero-order valence-electron chi connectivity index (χ0n) is 13.8. The van der Waals surface area contributed by atoms with E-state index in [-0.39, 0.29) is 49.5 Å². The summed E-state index contributed by atoms with van der Waals surface area (Å²) >= 11 is 12.1. The number of phenolic OH excluding ortho intramolecular Hbond substituents is 2. The third-order valence-electron chi connectivity index (χ3n) is 4.01. The van der Waals surface area contributed by atoms with E-state index in [4.69, 9.17) is 32.7 Å². The van der Waals surface area contributed by atoms with Crippen LogP contribution in [0.4, 0.5) is 0 Å². The van der Waals surface area contributed by atoms with E-state index in [0.29, 0.717) is 0 Å². The minimum Gasteiger partial charge on any atom is -0.507 e. The van der Waals surface area contributed by atoms with Gasteiger partial charge in [-0.3, -0.25) is 0 Å². The molecule has 0 bridgehead atoms. The summed E-state index contributed by atoms with van der Waals surface area (Å²) < 4.78 is 15.6. The second kappa shape index (κ2) is 6.26. The van der Waals surface area contributed by atoms with Gasteiger partial charge in [-0.05, 0) is 19.4 Å². The van der Waals surface area contributed by atoms with Gasteiger partial charge in [-0.25, -0.2) is 9.59 Å². The van der Waals surface area contributed by atoms with E-state index >= 15 is 0 Å². The van der Waals surface area contributed by atoms with E-state index in [0.717, 1.165) is 13.2 Å². The number of ether oxygens (including phenoxy) is 3.